The highest BCUT2D eigenvalue weighted by molar-refractivity contribution is 8.00. The van der Waals surface area contributed by atoms with Crippen molar-refractivity contribution >= 4 is 23.5 Å². The summed E-state index contributed by atoms with van der Waals surface area (Å²) in [6.07, 6.45) is 4.21. The Hall–Kier alpha value is -1.78. The molecule has 1 aliphatic rings. The average molecular weight is 525 g/mol. The summed E-state index contributed by atoms with van der Waals surface area (Å²) in [5, 5.41) is 0.758. The summed E-state index contributed by atoms with van der Waals surface area (Å²) < 4.78 is 26.7. The summed E-state index contributed by atoms with van der Waals surface area (Å²) in [5.74, 6) is 4.46. The van der Waals surface area contributed by atoms with Crippen LogP contribution in [0, 0.1) is 0 Å². The Balaban J connectivity index is 0.000000247. The Bertz CT molecular complexity index is 910. The number of methoxy groups -OCH3 is 5. The Labute approximate surface area is 218 Å². The van der Waals surface area contributed by atoms with E-state index in [0.29, 0.717) is 19.7 Å². The van der Waals surface area contributed by atoms with E-state index in [0.717, 1.165) is 62.9 Å². The smallest absolute Gasteiger partial charge is 0.132 e. The van der Waals surface area contributed by atoms with Crippen LogP contribution < -0.4 is 30.4 Å². The molecule has 3 rings (SSSR count). The lowest BCUT2D eigenvalue weighted by Crippen LogP contribution is -2.05. The van der Waals surface area contributed by atoms with Gasteiger partial charge in [0, 0.05) is 18.1 Å². The first-order valence-corrected chi connectivity index (χ1v) is 13.6. The standard InChI is InChI=1S/C13H21NO3S.C13H19NO2S/c1-15-6-7-18-13-9-11(16-2)10(4-5-14)8-12(13)17-3;1-15-11-8-13(17-10-3-4-10)12(16-2)7-9(11)5-6-14/h8-9H,4-7,14H2,1-3H3;7-8,10H,3-6,14H2,1-2H3. The van der Waals surface area contributed by atoms with Crippen molar-refractivity contribution in [3.8, 4) is 23.0 Å². The second kappa shape index (κ2) is 16.1. The summed E-state index contributed by atoms with van der Waals surface area (Å²) in [6, 6.07) is 8.13. The van der Waals surface area contributed by atoms with Gasteiger partial charge in [0.15, 0.2) is 0 Å². The molecule has 0 saturated heterocycles. The summed E-state index contributed by atoms with van der Waals surface area (Å²) in [6.45, 7) is 1.92. The maximum Gasteiger partial charge on any atom is 0.132 e. The third-order valence-electron chi connectivity index (χ3n) is 5.32. The Morgan fingerprint density at radius 2 is 1.20 bits per heavy atom. The summed E-state index contributed by atoms with van der Waals surface area (Å²) in [4.78, 5) is 2.24. The molecule has 0 amide bonds. The van der Waals surface area contributed by atoms with Gasteiger partial charge in [-0.25, -0.2) is 0 Å². The molecule has 0 unspecified atom stereocenters. The van der Waals surface area contributed by atoms with E-state index >= 15 is 0 Å². The normalized spacial score (nSPS) is 12.5. The number of benzene rings is 2. The van der Waals surface area contributed by atoms with E-state index in [1.54, 1.807) is 47.3 Å². The molecule has 9 heteroatoms. The van der Waals surface area contributed by atoms with Crippen molar-refractivity contribution in [2.75, 3.05) is 61.0 Å². The fourth-order valence-electron chi connectivity index (χ4n) is 3.37. The topological polar surface area (TPSA) is 98.2 Å². The molecule has 0 heterocycles. The van der Waals surface area contributed by atoms with Gasteiger partial charge >= 0.3 is 0 Å². The fourth-order valence-corrected chi connectivity index (χ4v) is 5.48. The number of thioether (sulfide) groups is 2. The Kier molecular flexibility index (Phi) is 13.5. The van der Waals surface area contributed by atoms with Gasteiger partial charge < -0.3 is 35.2 Å². The zero-order valence-corrected chi connectivity index (χ0v) is 23.2. The van der Waals surface area contributed by atoms with Gasteiger partial charge in [0.2, 0.25) is 0 Å². The second-order valence-corrected chi connectivity index (χ2v) is 10.3. The molecule has 0 atom stereocenters. The molecule has 2 aromatic carbocycles. The number of rotatable bonds is 14. The maximum absolute atomic E-state index is 5.60. The van der Waals surface area contributed by atoms with Crippen molar-refractivity contribution in [1.29, 1.82) is 0 Å². The van der Waals surface area contributed by atoms with Gasteiger partial charge in [-0.3, -0.25) is 0 Å². The number of hydrogen-bond acceptors (Lipinski definition) is 9. The van der Waals surface area contributed by atoms with Gasteiger partial charge in [0.1, 0.15) is 23.0 Å². The number of ether oxygens (including phenoxy) is 5. The van der Waals surface area contributed by atoms with Gasteiger partial charge in [-0.2, -0.15) is 0 Å². The van der Waals surface area contributed by atoms with Crippen LogP contribution in [0.3, 0.4) is 0 Å². The van der Waals surface area contributed by atoms with E-state index in [1.807, 2.05) is 23.9 Å². The minimum absolute atomic E-state index is 0.593. The predicted octanol–water partition coefficient (Wildman–Crippen LogP) is 4.40. The monoisotopic (exact) mass is 524 g/mol. The molecule has 2 aromatic rings. The van der Waals surface area contributed by atoms with Crippen LogP contribution in [-0.4, -0.2) is 66.2 Å². The maximum atomic E-state index is 5.60. The highest BCUT2D eigenvalue weighted by atomic mass is 32.2. The molecule has 0 spiro atoms. The van der Waals surface area contributed by atoms with Crippen LogP contribution in [0.1, 0.15) is 24.0 Å². The minimum Gasteiger partial charge on any atom is -0.496 e. The lowest BCUT2D eigenvalue weighted by Gasteiger charge is -2.14. The van der Waals surface area contributed by atoms with E-state index in [2.05, 4.69) is 12.1 Å². The van der Waals surface area contributed by atoms with Crippen LogP contribution in [-0.2, 0) is 17.6 Å². The molecule has 1 fully saturated rings. The van der Waals surface area contributed by atoms with E-state index < -0.39 is 0 Å². The average Bonchev–Trinajstić information content (AvgIpc) is 3.70. The summed E-state index contributed by atoms with van der Waals surface area (Å²) in [5.41, 5.74) is 13.4. The van der Waals surface area contributed by atoms with Gasteiger partial charge in [-0.05, 0) is 74.2 Å². The highest BCUT2D eigenvalue weighted by Crippen LogP contribution is 2.45. The highest BCUT2D eigenvalue weighted by Gasteiger charge is 2.25. The van der Waals surface area contributed by atoms with Crippen LogP contribution in [0.15, 0.2) is 34.1 Å². The summed E-state index contributed by atoms with van der Waals surface area (Å²) >= 11 is 3.57. The molecule has 0 bridgehead atoms. The summed E-state index contributed by atoms with van der Waals surface area (Å²) in [7, 11) is 8.46. The third-order valence-corrected chi connectivity index (χ3v) is 7.70. The lowest BCUT2D eigenvalue weighted by atomic mass is 10.1. The van der Waals surface area contributed by atoms with Crippen molar-refractivity contribution in [1.82, 2.24) is 0 Å². The quantitative estimate of drug-likeness (QED) is 0.275. The van der Waals surface area contributed by atoms with Gasteiger partial charge in [-0.1, -0.05) is 0 Å². The van der Waals surface area contributed by atoms with Crippen molar-refractivity contribution in [2.45, 2.75) is 40.7 Å². The molecule has 1 saturated carbocycles. The van der Waals surface area contributed by atoms with Crippen molar-refractivity contribution < 1.29 is 23.7 Å². The molecule has 7 nitrogen and oxygen atoms in total. The molecule has 35 heavy (non-hydrogen) atoms. The van der Waals surface area contributed by atoms with Crippen LogP contribution >= 0.6 is 23.5 Å². The van der Waals surface area contributed by atoms with Crippen LogP contribution in [0.2, 0.25) is 0 Å². The van der Waals surface area contributed by atoms with Crippen molar-refractivity contribution in [2.24, 2.45) is 11.5 Å². The fraction of sp³-hybridized carbons (Fsp3) is 0.538. The molecular weight excluding hydrogens is 484 g/mol. The zero-order valence-electron chi connectivity index (χ0n) is 21.6. The molecular formula is C26H40N2O5S2. The van der Waals surface area contributed by atoms with Crippen LogP contribution in [0.25, 0.3) is 0 Å². The van der Waals surface area contributed by atoms with Gasteiger partial charge in [0.05, 0.1) is 44.8 Å². The van der Waals surface area contributed by atoms with E-state index in [9.17, 15) is 0 Å². The van der Waals surface area contributed by atoms with Crippen LogP contribution in [0.4, 0.5) is 0 Å². The first kappa shape index (κ1) is 29.5. The number of nitrogens with two attached hydrogens (primary N) is 2. The molecule has 196 valence electrons. The molecule has 0 aliphatic heterocycles. The van der Waals surface area contributed by atoms with Crippen molar-refractivity contribution in [3.63, 3.8) is 0 Å². The van der Waals surface area contributed by atoms with Gasteiger partial charge in [-0.15, -0.1) is 23.5 Å². The van der Waals surface area contributed by atoms with E-state index in [1.165, 1.54) is 17.7 Å². The van der Waals surface area contributed by atoms with Crippen molar-refractivity contribution in [3.05, 3.63) is 35.4 Å². The largest absolute Gasteiger partial charge is 0.496 e. The van der Waals surface area contributed by atoms with E-state index in [4.69, 9.17) is 35.2 Å². The van der Waals surface area contributed by atoms with Gasteiger partial charge in [0.25, 0.3) is 0 Å². The molecule has 4 N–H and O–H groups in total. The Morgan fingerprint density at radius 3 is 1.63 bits per heavy atom. The Morgan fingerprint density at radius 1 is 0.714 bits per heavy atom. The number of hydrogen-bond donors (Lipinski definition) is 2. The second-order valence-electron chi connectivity index (χ2n) is 7.87. The molecule has 0 aromatic heterocycles. The SMILES string of the molecule is COCCSc1cc(OC)c(CCN)cc1OC.COc1cc(SC2CC2)c(OC)cc1CCN. The predicted molar refractivity (Wildman–Crippen MR) is 146 cm³/mol. The lowest BCUT2D eigenvalue weighted by molar-refractivity contribution is 0.218. The first-order valence-electron chi connectivity index (χ1n) is 11.7. The first-order chi connectivity index (χ1) is 17.0. The third kappa shape index (κ3) is 9.31. The molecule has 1 aliphatic carbocycles. The zero-order chi connectivity index (χ0) is 25.6. The van der Waals surface area contributed by atoms with E-state index in [-0.39, 0.29) is 0 Å². The molecule has 0 radical (unpaired) electrons. The van der Waals surface area contributed by atoms with Crippen LogP contribution in [0.5, 0.6) is 23.0 Å². The minimum atomic E-state index is 0.593.